The summed E-state index contributed by atoms with van der Waals surface area (Å²) in [6.07, 6.45) is 2.73. The van der Waals surface area contributed by atoms with Crippen LogP contribution in [0, 0.1) is 5.92 Å². The number of nitrogens with one attached hydrogen (secondary N) is 1. The first-order valence-corrected chi connectivity index (χ1v) is 10.9. The van der Waals surface area contributed by atoms with Gasteiger partial charge in [0.15, 0.2) is 0 Å². The lowest BCUT2D eigenvalue weighted by atomic mass is 9.75. The van der Waals surface area contributed by atoms with Crippen molar-refractivity contribution in [3.63, 3.8) is 0 Å². The molecular formula is C25H30N2O3. The molecule has 2 aromatic carbocycles. The van der Waals surface area contributed by atoms with Gasteiger partial charge >= 0.3 is 0 Å². The molecule has 2 heterocycles. The minimum Gasteiger partial charge on any atom is -0.381 e. The highest BCUT2D eigenvalue weighted by molar-refractivity contribution is 5.98. The molecule has 2 aliphatic heterocycles. The highest BCUT2D eigenvalue weighted by Gasteiger charge is 2.46. The lowest BCUT2D eigenvalue weighted by Crippen LogP contribution is -2.42. The quantitative estimate of drug-likeness (QED) is 0.797. The summed E-state index contributed by atoms with van der Waals surface area (Å²) < 4.78 is 5.66. The molecule has 5 nitrogen and oxygen atoms in total. The van der Waals surface area contributed by atoms with E-state index in [1.165, 1.54) is 12.5 Å². The Hall–Kier alpha value is -2.66. The maximum atomic E-state index is 13.1. The van der Waals surface area contributed by atoms with Crippen molar-refractivity contribution in [3.8, 4) is 11.1 Å². The third kappa shape index (κ3) is 3.74. The highest BCUT2D eigenvalue weighted by atomic mass is 16.5. The molecule has 1 N–H and O–H groups in total. The molecule has 5 heteroatoms. The summed E-state index contributed by atoms with van der Waals surface area (Å²) in [5.74, 6) is 0.163. The van der Waals surface area contributed by atoms with E-state index in [1.54, 1.807) is 0 Å². The first kappa shape index (κ1) is 20.6. The third-order valence-electron chi connectivity index (χ3n) is 6.61. The number of benzene rings is 2. The van der Waals surface area contributed by atoms with Crippen LogP contribution in [0.2, 0.25) is 0 Å². The molecule has 0 aliphatic carbocycles. The molecule has 1 atom stereocenters. The zero-order chi connectivity index (χ0) is 21.3. The topological polar surface area (TPSA) is 58.6 Å². The second-order valence-corrected chi connectivity index (χ2v) is 8.62. The first-order valence-electron chi connectivity index (χ1n) is 10.9. The van der Waals surface area contributed by atoms with E-state index >= 15 is 0 Å². The molecule has 4 rings (SSSR count). The maximum Gasteiger partial charge on any atom is 0.229 e. The zero-order valence-corrected chi connectivity index (χ0v) is 18.0. The van der Waals surface area contributed by atoms with Crippen LogP contribution < -0.4 is 10.2 Å². The average molecular weight is 407 g/mol. The number of hydrogen-bond donors (Lipinski definition) is 1. The van der Waals surface area contributed by atoms with Crippen LogP contribution >= 0.6 is 0 Å². The van der Waals surface area contributed by atoms with Gasteiger partial charge in [0.25, 0.3) is 0 Å². The van der Waals surface area contributed by atoms with Gasteiger partial charge < -0.3 is 15.0 Å². The number of nitrogens with zero attached hydrogens (tertiary/aromatic N) is 1. The molecule has 1 spiro atoms. The Morgan fingerprint density at radius 1 is 1.10 bits per heavy atom. The van der Waals surface area contributed by atoms with E-state index < -0.39 is 0 Å². The van der Waals surface area contributed by atoms with Gasteiger partial charge in [-0.05, 0) is 60.2 Å². The molecule has 30 heavy (non-hydrogen) atoms. The van der Waals surface area contributed by atoms with E-state index in [-0.39, 0.29) is 23.1 Å². The molecule has 158 valence electrons. The SMILES string of the molecule is CC[C@H](C)C(=O)N1CC2(CCOCC2)c2cc(-c3ccc(NC(C)=O)cc3)ccc21. The molecule has 1 saturated heterocycles. The standard InChI is InChI=1S/C25H30N2O3/c1-4-17(2)24(29)27-16-25(11-13-30-14-12-25)22-15-20(7-10-23(22)27)19-5-8-21(9-6-19)26-18(3)28/h5-10,15,17H,4,11-14,16H2,1-3H3,(H,26,28)/t17-/m0/s1. The van der Waals surface area contributed by atoms with E-state index in [0.717, 1.165) is 61.5 Å². The van der Waals surface area contributed by atoms with Gasteiger partial charge in [-0.3, -0.25) is 9.59 Å². The normalized spacial score (nSPS) is 18.2. The summed E-state index contributed by atoms with van der Waals surface area (Å²) in [5.41, 5.74) is 5.32. The number of hydrogen-bond acceptors (Lipinski definition) is 3. The number of carbonyl (C=O) groups excluding carboxylic acids is 2. The van der Waals surface area contributed by atoms with Gasteiger partial charge in [-0.15, -0.1) is 0 Å². The third-order valence-corrected chi connectivity index (χ3v) is 6.61. The summed E-state index contributed by atoms with van der Waals surface area (Å²) in [4.78, 5) is 26.4. The average Bonchev–Trinajstić information content (AvgIpc) is 3.06. The molecule has 2 amide bonds. The van der Waals surface area contributed by atoms with Gasteiger partial charge in [-0.1, -0.05) is 32.0 Å². The molecule has 2 aromatic rings. The van der Waals surface area contributed by atoms with Crippen molar-refractivity contribution >= 4 is 23.2 Å². The smallest absolute Gasteiger partial charge is 0.229 e. The fourth-order valence-corrected chi connectivity index (χ4v) is 4.62. The Bertz CT molecular complexity index is 945. The van der Waals surface area contributed by atoms with Gasteiger partial charge in [0.2, 0.25) is 11.8 Å². The van der Waals surface area contributed by atoms with E-state index in [0.29, 0.717) is 0 Å². The Morgan fingerprint density at radius 2 is 1.77 bits per heavy atom. The van der Waals surface area contributed by atoms with Crippen LogP contribution in [0.15, 0.2) is 42.5 Å². The molecule has 0 aromatic heterocycles. The number of amides is 2. The largest absolute Gasteiger partial charge is 0.381 e. The summed E-state index contributed by atoms with van der Waals surface area (Å²) in [6.45, 7) is 7.81. The maximum absolute atomic E-state index is 13.1. The Kier molecular flexibility index (Phi) is 5.65. The molecule has 1 fully saturated rings. The first-order chi connectivity index (χ1) is 14.4. The predicted octanol–water partition coefficient (Wildman–Crippen LogP) is 4.75. The van der Waals surface area contributed by atoms with Crippen LogP contribution in [0.5, 0.6) is 0 Å². The number of fused-ring (bicyclic) bond motifs is 2. The number of carbonyl (C=O) groups is 2. The van der Waals surface area contributed by atoms with E-state index in [2.05, 4.69) is 30.4 Å². The summed E-state index contributed by atoms with van der Waals surface area (Å²) in [6, 6.07) is 14.4. The molecule has 0 radical (unpaired) electrons. The van der Waals surface area contributed by atoms with Gasteiger partial charge in [-0.2, -0.15) is 0 Å². The molecule has 2 aliphatic rings. The Morgan fingerprint density at radius 3 is 2.40 bits per heavy atom. The van der Waals surface area contributed by atoms with Crippen LogP contribution in [-0.4, -0.2) is 31.6 Å². The Labute approximate surface area is 178 Å². The van der Waals surface area contributed by atoms with Crippen molar-refractivity contribution in [2.75, 3.05) is 30.0 Å². The van der Waals surface area contributed by atoms with Gasteiger partial charge in [0, 0.05) is 49.4 Å². The molecular weight excluding hydrogens is 376 g/mol. The summed E-state index contributed by atoms with van der Waals surface area (Å²) in [7, 11) is 0. The minimum atomic E-state index is -0.0761. The summed E-state index contributed by atoms with van der Waals surface area (Å²) >= 11 is 0. The predicted molar refractivity (Wildman–Crippen MR) is 120 cm³/mol. The van der Waals surface area contributed by atoms with E-state index in [4.69, 9.17) is 4.74 Å². The lowest BCUT2D eigenvalue weighted by Gasteiger charge is -2.34. The fourth-order valence-electron chi connectivity index (χ4n) is 4.62. The second kappa shape index (κ2) is 8.23. The van der Waals surface area contributed by atoms with Crippen molar-refractivity contribution in [1.82, 2.24) is 0 Å². The van der Waals surface area contributed by atoms with Crippen molar-refractivity contribution in [1.29, 1.82) is 0 Å². The van der Waals surface area contributed by atoms with Crippen LogP contribution in [0.1, 0.15) is 45.6 Å². The van der Waals surface area contributed by atoms with Gasteiger partial charge in [0.1, 0.15) is 0 Å². The second-order valence-electron chi connectivity index (χ2n) is 8.62. The van der Waals surface area contributed by atoms with E-state index in [9.17, 15) is 9.59 Å². The monoisotopic (exact) mass is 406 g/mol. The lowest BCUT2D eigenvalue weighted by molar-refractivity contribution is -0.122. The Balaban J connectivity index is 1.71. The van der Waals surface area contributed by atoms with Crippen molar-refractivity contribution < 1.29 is 14.3 Å². The molecule has 0 unspecified atom stereocenters. The zero-order valence-electron chi connectivity index (χ0n) is 18.0. The van der Waals surface area contributed by atoms with Crippen LogP contribution in [0.25, 0.3) is 11.1 Å². The summed E-state index contributed by atoms with van der Waals surface area (Å²) in [5, 5.41) is 2.81. The molecule has 0 bridgehead atoms. The van der Waals surface area contributed by atoms with Gasteiger partial charge in [0.05, 0.1) is 0 Å². The highest BCUT2D eigenvalue weighted by Crippen LogP contribution is 2.48. The van der Waals surface area contributed by atoms with Crippen molar-refractivity contribution in [2.24, 2.45) is 5.92 Å². The fraction of sp³-hybridized carbons (Fsp3) is 0.440. The number of rotatable bonds is 4. The molecule has 0 saturated carbocycles. The van der Waals surface area contributed by atoms with Gasteiger partial charge in [-0.25, -0.2) is 0 Å². The van der Waals surface area contributed by atoms with E-state index in [1.807, 2.05) is 36.1 Å². The minimum absolute atomic E-state index is 0.0221. The number of anilines is 2. The van der Waals surface area contributed by atoms with Crippen molar-refractivity contribution in [3.05, 3.63) is 48.0 Å². The van der Waals surface area contributed by atoms with Crippen LogP contribution in [-0.2, 0) is 19.7 Å². The van der Waals surface area contributed by atoms with Crippen LogP contribution in [0.3, 0.4) is 0 Å². The van der Waals surface area contributed by atoms with Crippen LogP contribution in [0.4, 0.5) is 11.4 Å². The number of ether oxygens (including phenoxy) is 1. The van der Waals surface area contributed by atoms with Crippen molar-refractivity contribution in [2.45, 2.75) is 45.4 Å².